The molecule has 2 aromatic carbocycles. The average molecular weight is 463 g/mol. The van der Waals surface area contributed by atoms with Crippen molar-refractivity contribution in [3.8, 4) is 39.5 Å². The van der Waals surface area contributed by atoms with Gasteiger partial charge in [-0.05, 0) is 23.6 Å². The van der Waals surface area contributed by atoms with Gasteiger partial charge in [0.1, 0.15) is 11.6 Å². The van der Waals surface area contributed by atoms with Gasteiger partial charge in [0.05, 0.1) is 33.4 Å². The minimum Gasteiger partial charge on any atom is -0.420 e. The van der Waals surface area contributed by atoms with Gasteiger partial charge in [-0.15, -0.1) is 16.4 Å². The molecule has 5 aromatic rings. The highest BCUT2D eigenvalue weighted by atomic mass is 32.1. The van der Waals surface area contributed by atoms with Crippen molar-refractivity contribution in [3.63, 3.8) is 0 Å². The zero-order valence-corrected chi connectivity index (χ0v) is 18.7. The number of rotatable bonds is 4. The summed E-state index contributed by atoms with van der Waals surface area (Å²) in [4.78, 5) is 0.997. The number of hydrogen-bond acceptors (Lipinski definition) is 6. The number of nitriles is 1. The molecule has 0 fully saturated rings. The molecule has 0 unspecified atom stereocenters. The predicted octanol–water partition coefficient (Wildman–Crippen LogP) is 5.21. The van der Waals surface area contributed by atoms with Crippen molar-refractivity contribution in [2.45, 2.75) is 5.92 Å². The molecule has 164 valence electrons. The summed E-state index contributed by atoms with van der Waals surface area (Å²) in [6.45, 7) is 0. The quantitative estimate of drug-likeness (QED) is 0.381. The third kappa shape index (κ3) is 3.18. The molecule has 0 radical (unpaired) electrons. The highest BCUT2D eigenvalue weighted by Gasteiger charge is 2.38. The topological polar surface area (TPSA) is 106 Å². The van der Waals surface area contributed by atoms with Crippen molar-refractivity contribution in [3.05, 3.63) is 107 Å². The largest absolute Gasteiger partial charge is 0.420 e. The summed E-state index contributed by atoms with van der Waals surface area (Å²) in [5.74, 6) is -0.0793. The number of hydrogen-bond donors (Lipinski definition) is 2. The van der Waals surface area contributed by atoms with Crippen molar-refractivity contribution < 1.29 is 4.74 Å². The second kappa shape index (κ2) is 8.06. The SMILES string of the molecule is N#CC1=C(N)Oc2n[nH]c(-c3cccs3)c2[C@H]1c1cn(-c2ccccc2)nc1-c1ccccc1. The van der Waals surface area contributed by atoms with E-state index in [4.69, 9.17) is 15.6 Å². The Morgan fingerprint density at radius 2 is 1.79 bits per heavy atom. The summed E-state index contributed by atoms with van der Waals surface area (Å²) in [5, 5.41) is 24.6. The molecule has 7 nitrogen and oxygen atoms in total. The first-order valence-electron chi connectivity index (χ1n) is 10.6. The fourth-order valence-corrected chi connectivity index (χ4v) is 5.03. The van der Waals surface area contributed by atoms with E-state index < -0.39 is 5.92 Å². The van der Waals surface area contributed by atoms with Crippen LogP contribution in [0.15, 0.2) is 95.8 Å². The van der Waals surface area contributed by atoms with Crippen LogP contribution in [0.5, 0.6) is 5.88 Å². The lowest BCUT2D eigenvalue weighted by Gasteiger charge is -2.23. The van der Waals surface area contributed by atoms with Crippen LogP contribution < -0.4 is 10.5 Å². The summed E-state index contributed by atoms with van der Waals surface area (Å²) < 4.78 is 7.61. The maximum Gasteiger partial charge on any atom is 0.244 e. The summed E-state index contributed by atoms with van der Waals surface area (Å²) in [6, 6.07) is 26.1. The van der Waals surface area contributed by atoms with Crippen LogP contribution in [-0.4, -0.2) is 20.0 Å². The molecule has 34 heavy (non-hydrogen) atoms. The Kier molecular flexibility index (Phi) is 4.75. The van der Waals surface area contributed by atoms with Crippen LogP contribution in [0.1, 0.15) is 17.0 Å². The second-order valence-electron chi connectivity index (χ2n) is 7.80. The zero-order chi connectivity index (χ0) is 23.1. The standard InChI is InChI=1S/C26H18N6OS/c27-14-18-21(22-24(20-12-7-13-34-20)29-30-26(22)33-25(18)28)19-15-32(17-10-5-2-6-11-17)31-23(19)16-8-3-1-4-9-16/h1-13,15,21H,28H2,(H,29,30)/t21-/m1/s1. The lowest BCUT2D eigenvalue weighted by atomic mass is 9.83. The smallest absolute Gasteiger partial charge is 0.244 e. The van der Waals surface area contributed by atoms with Crippen molar-refractivity contribution in [2.24, 2.45) is 5.73 Å². The van der Waals surface area contributed by atoms with E-state index in [1.807, 2.05) is 89.1 Å². The molecule has 0 aliphatic carbocycles. The average Bonchev–Trinajstić information content (AvgIpc) is 3.64. The highest BCUT2D eigenvalue weighted by Crippen LogP contribution is 2.48. The van der Waals surface area contributed by atoms with E-state index >= 15 is 0 Å². The summed E-state index contributed by atoms with van der Waals surface area (Å²) in [7, 11) is 0. The Bertz CT molecular complexity index is 1540. The summed E-state index contributed by atoms with van der Waals surface area (Å²) in [6.07, 6.45) is 1.97. The molecule has 1 atom stereocenters. The molecular formula is C26H18N6OS. The molecule has 8 heteroatoms. The number of fused-ring (bicyclic) bond motifs is 1. The fourth-order valence-electron chi connectivity index (χ4n) is 4.30. The molecule has 0 amide bonds. The van der Waals surface area contributed by atoms with Gasteiger partial charge in [-0.2, -0.15) is 10.4 Å². The van der Waals surface area contributed by atoms with Crippen molar-refractivity contribution >= 4 is 11.3 Å². The number of nitrogens with one attached hydrogen (secondary N) is 1. The Balaban J connectivity index is 1.63. The lowest BCUT2D eigenvalue weighted by molar-refractivity contribution is 0.379. The van der Waals surface area contributed by atoms with Crippen molar-refractivity contribution in [1.82, 2.24) is 20.0 Å². The highest BCUT2D eigenvalue weighted by molar-refractivity contribution is 7.13. The number of allylic oxidation sites excluding steroid dienone is 1. The van der Waals surface area contributed by atoms with E-state index in [9.17, 15) is 5.26 Å². The van der Waals surface area contributed by atoms with Crippen LogP contribution in [0.3, 0.4) is 0 Å². The van der Waals surface area contributed by atoms with E-state index in [1.54, 1.807) is 11.3 Å². The van der Waals surface area contributed by atoms with Gasteiger partial charge in [-0.1, -0.05) is 54.6 Å². The molecule has 0 spiro atoms. The van der Waals surface area contributed by atoms with Gasteiger partial charge in [0.2, 0.25) is 11.8 Å². The van der Waals surface area contributed by atoms with Crippen LogP contribution in [0.25, 0.3) is 27.5 Å². The van der Waals surface area contributed by atoms with Crippen molar-refractivity contribution in [1.29, 1.82) is 5.26 Å². The first-order chi connectivity index (χ1) is 16.7. The molecular weight excluding hydrogens is 444 g/mol. The van der Waals surface area contributed by atoms with Crippen LogP contribution >= 0.6 is 11.3 Å². The first-order valence-corrected chi connectivity index (χ1v) is 11.5. The molecule has 1 aliphatic heterocycles. The van der Waals surface area contributed by atoms with E-state index in [2.05, 4.69) is 16.3 Å². The minimum atomic E-state index is -0.503. The molecule has 0 saturated heterocycles. The number of benzene rings is 2. The Labute approximate surface area is 199 Å². The van der Waals surface area contributed by atoms with Gasteiger partial charge < -0.3 is 10.5 Å². The number of ether oxygens (including phenoxy) is 1. The molecule has 6 rings (SSSR count). The number of para-hydroxylation sites is 1. The lowest BCUT2D eigenvalue weighted by Crippen LogP contribution is -2.21. The normalized spacial score (nSPS) is 15.0. The first kappa shape index (κ1) is 20.0. The van der Waals surface area contributed by atoms with Crippen LogP contribution in [0.4, 0.5) is 0 Å². The number of nitrogens with two attached hydrogens (primary N) is 1. The molecule has 1 aliphatic rings. The number of H-pyrrole nitrogens is 1. The number of thiophene rings is 1. The van der Waals surface area contributed by atoms with Crippen LogP contribution in [-0.2, 0) is 0 Å². The summed E-state index contributed by atoms with van der Waals surface area (Å²) in [5.41, 5.74) is 11.6. The van der Waals surface area contributed by atoms with E-state index in [-0.39, 0.29) is 5.88 Å². The maximum atomic E-state index is 10.1. The van der Waals surface area contributed by atoms with Gasteiger partial charge in [-0.3, -0.25) is 5.10 Å². The van der Waals surface area contributed by atoms with Gasteiger partial charge in [-0.25, -0.2) is 4.68 Å². The molecule has 3 N–H and O–H groups in total. The van der Waals surface area contributed by atoms with Crippen LogP contribution in [0, 0.1) is 11.3 Å². The van der Waals surface area contributed by atoms with E-state index in [1.165, 1.54) is 0 Å². The monoisotopic (exact) mass is 462 g/mol. The minimum absolute atomic E-state index is 0.0516. The Morgan fingerprint density at radius 1 is 1.03 bits per heavy atom. The molecule has 0 bridgehead atoms. The number of nitrogens with zero attached hydrogens (tertiary/aromatic N) is 4. The summed E-state index contributed by atoms with van der Waals surface area (Å²) >= 11 is 1.59. The molecule has 4 heterocycles. The second-order valence-corrected chi connectivity index (χ2v) is 8.75. The van der Waals surface area contributed by atoms with Gasteiger partial charge in [0.15, 0.2) is 0 Å². The zero-order valence-electron chi connectivity index (χ0n) is 17.8. The van der Waals surface area contributed by atoms with Crippen LogP contribution in [0.2, 0.25) is 0 Å². The molecule has 0 saturated carbocycles. The van der Waals surface area contributed by atoms with Gasteiger partial charge in [0, 0.05) is 17.3 Å². The van der Waals surface area contributed by atoms with Gasteiger partial charge in [0.25, 0.3) is 0 Å². The predicted molar refractivity (Wildman–Crippen MR) is 130 cm³/mol. The van der Waals surface area contributed by atoms with Gasteiger partial charge >= 0.3 is 0 Å². The van der Waals surface area contributed by atoms with Crippen molar-refractivity contribution in [2.75, 3.05) is 0 Å². The Morgan fingerprint density at radius 3 is 2.50 bits per heavy atom. The number of aromatic nitrogens is 4. The third-order valence-corrected chi connectivity index (χ3v) is 6.72. The Hall–Kier alpha value is -4.61. The van der Waals surface area contributed by atoms with E-state index in [0.717, 1.165) is 38.6 Å². The van der Waals surface area contributed by atoms with E-state index in [0.29, 0.717) is 11.5 Å². The number of aromatic amines is 1. The fraction of sp³-hybridized carbons (Fsp3) is 0.0385. The maximum absolute atomic E-state index is 10.1. The molecule has 3 aromatic heterocycles. The third-order valence-electron chi connectivity index (χ3n) is 5.83.